The van der Waals surface area contributed by atoms with Crippen molar-refractivity contribution in [2.45, 2.75) is 64.9 Å². The number of ether oxygens (including phenoxy) is 7. The van der Waals surface area contributed by atoms with Crippen LogP contribution in [0.3, 0.4) is 0 Å². The summed E-state index contributed by atoms with van der Waals surface area (Å²) in [4.78, 5) is 59.4. The average molecular weight is 634 g/mol. The summed E-state index contributed by atoms with van der Waals surface area (Å²) in [6.45, 7) is 6.42. The highest BCUT2D eigenvalue weighted by molar-refractivity contribution is 5.77. The molecular weight excluding hydrogens is 594 g/mol. The summed E-state index contributed by atoms with van der Waals surface area (Å²) in [5, 5.41) is 5.38. The SMILES string of the molecule is CC(=O)N[C@H]1[C@H](Oc2ccc(CNC(=O)COCCOCC[NH3+])cc2)O[C@H](COC(C)=O)[C@@H](OC(C)=O)[C@@H]1OC(C)=O.[Cl-]. The summed E-state index contributed by atoms with van der Waals surface area (Å²) >= 11 is 0. The second-order valence-electron chi connectivity index (χ2n) is 9.28. The molecule has 1 fully saturated rings. The van der Waals surface area contributed by atoms with Crippen molar-refractivity contribution >= 4 is 29.7 Å². The molecule has 1 saturated heterocycles. The first kappa shape index (κ1) is 37.5. The number of halogens is 1. The second kappa shape index (κ2) is 19.6. The Labute approximate surface area is 255 Å². The highest BCUT2D eigenvalue weighted by Crippen LogP contribution is 2.29. The molecule has 1 aliphatic heterocycles. The maximum atomic E-state index is 12.1. The van der Waals surface area contributed by atoms with E-state index >= 15 is 0 Å². The highest BCUT2D eigenvalue weighted by Gasteiger charge is 2.51. The maximum Gasteiger partial charge on any atom is 0.303 e. The summed E-state index contributed by atoms with van der Waals surface area (Å²) in [7, 11) is 0. The van der Waals surface area contributed by atoms with Crippen LogP contribution >= 0.6 is 0 Å². The van der Waals surface area contributed by atoms with Gasteiger partial charge in [-0.3, -0.25) is 24.0 Å². The number of carbonyl (C=O) groups is 5. The number of quaternary nitrogens is 1. The number of rotatable bonds is 16. The molecule has 2 amide bonds. The Balaban J connectivity index is 0.00000924. The van der Waals surface area contributed by atoms with Crippen LogP contribution in [0, 0.1) is 0 Å². The van der Waals surface area contributed by atoms with Gasteiger partial charge in [-0.25, -0.2) is 0 Å². The van der Waals surface area contributed by atoms with Gasteiger partial charge in [0.25, 0.3) is 0 Å². The van der Waals surface area contributed by atoms with Crippen LogP contribution in [0.15, 0.2) is 24.3 Å². The third-order valence-electron chi connectivity index (χ3n) is 5.63. The van der Waals surface area contributed by atoms with Crippen molar-refractivity contribution in [3.63, 3.8) is 0 Å². The Bertz CT molecular complexity index is 1060. The van der Waals surface area contributed by atoms with E-state index in [1.165, 1.54) is 13.8 Å². The van der Waals surface area contributed by atoms with Gasteiger partial charge in [0.2, 0.25) is 18.1 Å². The summed E-state index contributed by atoms with van der Waals surface area (Å²) in [6, 6.07) is 5.55. The second-order valence-corrected chi connectivity index (χ2v) is 9.28. The van der Waals surface area contributed by atoms with Crippen LogP contribution in [0.1, 0.15) is 33.3 Å². The monoisotopic (exact) mass is 633 g/mol. The van der Waals surface area contributed by atoms with Crippen molar-refractivity contribution in [3.05, 3.63) is 29.8 Å². The number of nitrogens with one attached hydrogen (secondary N) is 2. The third-order valence-corrected chi connectivity index (χ3v) is 5.63. The zero-order valence-electron chi connectivity index (χ0n) is 24.6. The largest absolute Gasteiger partial charge is 1.00 e. The molecule has 0 bridgehead atoms. The van der Waals surface area contributed by atoms with E-state index in [2.05, 4.69) is 16.4 Å². The zero-order chi connectivity index (χ0) is 31.1. The van der Waals surface area contributed by atoms with Crippen LogP contribution in [-0.2, 0) is 58.9 Å². The van der Waals surface area contributed by atoms with Gasteiger partial charge in [0.1, 0.15) is 31.1 Å². The Kier molecular flexibility index (Phi) is 17.1. The van der Waals surface area contributed by atoms with Crippen LogP contribution in [0.25, 0.3) is 0 Å². The van der Waals surface area contributed by atoms with E-state index in [0.29, 0.717) is 32.1 Å². The predicted molar refractivity (Wildman–Crippen MR) is 142 cm³/mol. The minimum atomic E-state index is -1.24. The molecule has 16 heteroatoms. The van der Waals surface area contributed by atoms with Crippen LogP contribution in [-0.4, -0.2) is 99.9 Å². The molecule has 0 aromatic heterocycles. The molecule has 242 valence electrons. The minimum absolute atomic E-state index is 0. The van der Waals surface area contributed by atoms with E-state index in [1.807, 2.05) is 0 Å². The number of benzene rings is 1. The molecule has 2 rings (SSSR count). The summed E-state index contributed by atoms with van der Waals surface area (Å²) in [5.74, 6) is -2.50. The molecule has 5 N–H and O–H groups in total. The molecule has 43 heavy (non-hydrogen) atoms. The first-order chi connectivity index (χ1) is 20.0. The van der Waals surface area contributed by atoms with E-state index in [0.717, 1.165) is 19.4 Å². The summed E-state index contributed by atoms with van der Waals surface area (Å²) in [6.07, 6.45) is -4.80. The Morgan fingerprint density at radius 3 is 2.07 bits per heavy atom. The Morgan fingerprint density at radius 1 is 0.860 bits per heavy atom. The van der Waals surface area contributed by atoms with Gasteiger partial charge < -0.3 is 61.9 Å². The summed E-state index contributed by atoms with van der Waals surface area (Å²) in [5.41, 5.74) is 4.43. The molecule has 0 spiro atoms. The first-order valence-electron chi connectivity index (χ1n) is 13.4. The van der Waals surface area contributed by atoms with E-state index in [4.69, 9.17) is 33.2 Å². The smallest absolute Gasteiger partial charge is 0.303 e. The van der Waals surface area contributed by atoms with Crippen molar-refractivity contribution in [3.8, 4) is 5.75 Å². The summed E-state index contributed by atoms with van der Waals surface area (Å²) < 4.78 is 38.4. The number of amides is 2. The van der Waals surface area contributed by atoms with Crippen LogP contribution < -0.4 is 33.5 Å². The standard InChI is InChI=1S/C27H39N3O12.ClH/c1-16(31)30-24-26(40-19(4)34)25(39-18(3)33)22(14-38-17(2)32)42-27(24)41-21-7-5-20(6-8-21)13-29-23(35)15-37-12-11-36-10-9-28;/h5-8,22,24-27H,9-15,28H2,1-4H3,(H,29,35)(H,30,31);1H/t22-,24-,25-,26-,27-;/m1./s1. The van der Waals surface area contributed by atoms with Crippen LogP contribution in [0.4, 0.5) is 0 Å². The average Bonchev–Trinajstić information content (AvgIpc) is 2.91. The lowest BCUT2D eigenvalue weighted by Crippen LogP contribution is -3.00. The maximum absolute atomic E-state index is 12.1. The molecular formula is C27H40ClN3O12. The van der Waals surface area contributed by atoms with Gasteiger partial charge in [-0.05, 0) is 17.7 Å². The van der Waals surface area contributed by atoms with E-state index in [-0.39, 0.29) is 38.1 Å². The van der Waals surface area contributed by atoms with Crippen molar-refractivity contribution in [2.24, 2.45) is 0 Å². The molecule has 1 aromatic rings. The third kappa shape index (κ3) is 14.0. The van der Waals surface area contributed by atoms with E-state index < -0.39 is 54.5 Å². The van der Waals surface area contributed by atoms with E-state index in [9.17, 15) is 24.0 Å². The topological polar surface area (TPSA) is 202 Å². The minimum Gasteiger partial charge on any atom is -1.00 e. The molecule has 0 aliphatic carbocycles. The Morgan fingerprint density at radius 2 is 1.49 bits per heavy atom. The molecule has 5 atom stereocenters. The molecule has 0 radical (unpaired) electrons. The fraction of sp³-hybridized carbons (Fsp3) is 0.593. The van der Waals surface area contributed by atoms with Crippen molar-refractivity contribution in [1.82, 2.24) is 10.6 Å². The fourth-order valence-corrected chi connectivity index (χ4v) is 3.95. The van der Waals surface area contributed by atoms with E-state index in [1.54, 1.807) is 24.3 Å². The quantitative estimate of drug-likeness (QED) is 0.0898. The molecule has 1 heterocycles. The Hall–Kier alpha value is -3.50. The van der Waals surface area contributed by atoms with Gasteiger partial charge in [0.15, 0.2) is 12.2 Å². The molecule has 1 aliphatic rings. The van der Waals surface area contributed by atoms with Crippen LogP contribution in [0.5, 0.6) is 5.75 Å². The molecule has 15 nitrogen and oxygen atoms in total. The first-order valence-corrected chi connectivity index (χ1v) is 13.4. The van der Waals surface area contributed by atoms with Crippen molar-refractivity contribution < 1.29 is 75.3 Å². The number of esters is 3. The zero-order valence-corrected chi connectivity index (χ0v) is 25.4. The van der Waals surface area contributed by atoms with Crippen molar-refractivity contribution in [2.75, 3.05) is 39.6 Å². The van der Waals surface area contributed by atoms with Gasteiger partial charge in [0, 0.05) is 34.2 Å². The molecule has 0 unspecified atom stereocenters. The molecule has 1 aromatic carbocycles. The lowest BCUT2D eigenvalue weighted by Gasteiger charge is -2.44. The highest BCUT2D eigenvalue weighted by atomic mass is 35.5. The van der Waals surface area contributed by atoms with Gasteiger partial charge in [-0.15, -0.1) is 0 Å². The number of carbonyl (C=O) groups excluding carboxylic acids is 5. The number of hydrogen-bond donors (Lipinski definition) is 3. The predicted octanol–water partition coefficient (Wildman–Crippen LogP) is -4.38. The lowest BCUT2D eigenvalue weighted by molar-refractivity contribution is -0.374. The number of hydrogen-bond acceptors (Lipinski definition) is 12. The van der Waals surface area contributed by atoms with Crippen LogP contribution in [0.2, 0.25) is 0 Å². The lowest BCUT2D eigenvalue weighted by atomic mass is 9.96. The van der Waals surface area contributed by atoms with Gasteiger partial charge in [-0.2, -0.15) is 0 Å². The van der Waals surface area contributed by atoms with Crippen molar-refractivity contribution in [1.29, 1.82) is 0 Å². The van der Waals surface area contributed by atoms with Gasteiger partial charge in [0.05, 0.1) is 26.4 Å². The normalized spacial score (nSPS) is 21.0. The van der Waals surface area contributed by atoms with Gasteiger partial charge >= 0.3 is 17.9 Å². The fourth-order valence-electron chi connectivity index (χ4n) is 3.95. The molecule has 0 saturated carbocycles. The van der Waals surface area contributed by atoms with Gasteiger partial charge in [-0.1, -0.05) is 12.1 Å².